The van der Waals surface area contributed by atoms with Gasteiger partial charge in [0.15, 0.2) is 5.96 Å². The van der Waals surface area contributed by atoms with Crippen molar-refractivity contribution in [2.75, 3.05) is 18.4 Å². The minimum absolute atomic E-state index is 0. The molecule has 1 aliphatic carbocycles. The van der Waals surface area contributed by atoms with Gasteiger partial charge >= 0.3 is 0 Å². The molecule has 1 aliphatic rings. The van der Waals surface area contributed by atoms with Crippen molar-refractivity contribution in [2.45, 2.75) is 52.5 Å². The average Bonchev–Trinajstić information content (AvgIpc) is 2.51. The third kappa shape index (κ3) is 7.63. The Bertz CT molecular complexity index is 558. The number of carbonyl (C=O) groups excluding carboxylic acids is 1. The molecule has 6 heteroatoms. The Balaban J connectivity index is 0.00000312. The molecule has 0 saturated heterocycles. The SMILES string of the molecule is CCCCNC(=NCc1cccc(NC(=O)C2CCC2)c1)NCC.I. The molecular weight excluding hydrogens is 427 g/mol. The van der Waals surface area contributed by atoms with Gasteiger partial charge in [-0.15, -0.1) is 24.0 Å². The molecule has 5 nitrogen and oxygen atoms in total. The van der Waals surface area contributed by atoms with E-state index in [1.165, 1.54) is 6.42 Å². The number of nitrogens with zero attached hydrogens (tertiary/aromatic N) is 1. The molecular formula is C19H31IN4O. The molecule has 0 unspecified atom stereocenters. The molecule has 0 heterocycles. The van der Waals surface area contributed by atoms with Crippen LogP contribution >= 0.6 is 24.0 Å². The maximum atomic E-state index is 12.0. The number of unbranched alkanes of at least 4 members (excludes halogenated alkanes) is 1. The summed E-state index contributed by atoms with van der Waals surface area (Å²) in [4.78, 5) is 16.7. The second-order valence-corrected chi connectivity index (χ2v) is 6.29. The van der Waals surface area contributed by atoms with Crippen LogP contribution in [0.5, 0.6) is 0 Å². The molecule has 0 radical (unpaired) electrons. The highest BCUT2D eigenvalue weighted by Crippen LogP contribution is 2.27. The van der Waals surface area contributed by atoms with Crippen molar-refractivity contribution in [3.05, 3.63) is 29.8 Å². The summed E-state index contributed by atoms with van der Waals surface area (Å²) >= 11 is 0. The van der Waals surface area contributed by atoms with E-state index < -0.39 is 0 Å². The number of hydrogen-bond donors (Lipinski definition) is 3. The van der Waals surface area contributed by atoms with E-state index >= 15 is 0 Å². The highest BCUT2D eigenvalue weighted by Gasteiger charge is 2.25. The van der Waals surface area contributed by atoms with Crippen molar-refractivity contribution in [1.82, 2.24) is 10.6 Å². The van der Waals surface area contributed by atoms with Gasteiger partial charge in [0.1, 0.15) is 0 Å². The van der Waals surface area contributed by atoms with Crippen LogP contribution in [0.3, 0.4) is 0 Å². The van der Waals surface area contributed by atoms with Crippen LogP contribution in [0, 0.1) is 5.92 Å². The van der Waals surface area contributed by atoms with Crippen molar-refractivity contribution < 1.29 is 4.79 Å². The maximum absolute atomic E-state index is 12.0. The average molecular weight is 458 g/mol. The van der Waals surface area contributed by atoms with Crippen LogP contribution < -0.4 is 16.0 Å². The van der Waals surface area contributed by atoms with Gasteiger partial charge in [0.05, 0.1) is 6.54 Å². The van der Waals surface area contributed by atoms with E-state index in [2.05, 4.69) is 34.8 Å². The first-order valence-electron chi connectivity index (χ1n) is 9.15. The molecule has 3 N–H and O–H groups in total. The summed E-state index contributed by atoms with van der Waals surface area (Å²) in [5, 5.41) is 9.62. The van der Waals surface area contributed by atoms with E-state index in [9.17, 15) is 4.79 Å². The second-order valence-electron chi connectivity index (χ2n) is 6.29. The maximum Gasteiger partial charge on any atom is 0.227 e. The Morgan fingerprint density at radius 2 is 2.04 bits per heavy atom. The van der Waals surface area contributed by atoms with E-state index in [4.69, 9.17) is 0 Å². The van der Waals surface area contributed by atoms with Crippen molar-refractivity contribution in [2.24, 2.45) is 10.9 Å². The molecule has 1 aromatic carbocycles. The van der Waals surface area contributed by atoms with Gasteiger partial charge in [0, 0.05) is 24.7 Å². The number of carbonyl (C=O) groups is 1. The zero-order valence-electron chi connectivity index (χ0n) is 15.3. The number of guanidine groups is 1. The lowest BCUT2D eigenvalue weighted by Crippen LogP contribution is -2.37. The van der Waals surface area contributed by atoms with Crippen LogP contribution in [0.25, 0.3) is 0 Å². The van der Waals surface area contributed by atoms with Crippen LogP contribution in [-0.2, 0) is 11.3 Å². The number of rotatable bonds is 8. The third-order valence-corrected chi connectivity index (χ3v) is 4.26. The molecule has 0 aliphatic heterocycles. The third-order valence-electron chi connectivity index (χ3n) is 4.26. The first kappa shape index (κ1) is 21.7. The topological polar surface area (TPSA) is 65.5 Å². The fraction of sp³-hybridized carbons (Fsp3) is 0.579. The van der Waals surface area contributed by atoms with Gasteiger partial charge in [-0.1, -0.05) is 31.9 Å². The Morgan fingerprint density at radius 1 is 1.24 bits per heavy atom. The molecule has 0 bridgehead atoms. The Hall–Kier alpha value is -1.31. The number of halogens is 1. The summed E-state index contributed by atoms with van der Waals surface area (Å²) in [6, 6.07) is 7.96. The van der Waals surface area contributed by atoms with Gasteiger partial charge in [-0.2, -0.15) is 0 Å². The van der Waals surface area contributed by atoms with Crippen molar-refractivity contribution >= 4 is 41.5 Å². The number of hydrogen-bond acceptors (Lipinski definition) is 2. The van der Waals surface area contributed by atoms with E-state index in [0.29, 0.717) is 6.54 Å². The van der Waals surface area contributed by atoms with Crippen molar-refractivity contribution in [1.29, 1.82) is 0 Å². The van der Waals surface area contributed by atoms with Crippen LogP contribution in [-0.4, -0.2) is 25.0 Å². The molecule has 1 saturated carbocycles. The smallest absolute Gasteiger partial charge is 0.227 e. The standard InChI is InChI=1S/C19H30N4O.HI/c1-3-5-12-21-19(20-4-2)22-14-15-8-6-11-17(13-15)23-18(24)16-9-7-10-16;/h6,8,11,13,16H,3-5,7,9-10,12,14H2,1-2H3,(H,23,24)(H2,20,21,22);1H. The lowest BCUT2D eigenvalue weighted by molar-refractivity contribution is -0.122. The quantitative estimate of drug-likeness (QED) is 0.240. The van der Waals surface area contributed by atoms with Crippen molar-refractivity contribution in [3.63, 3.8) is 0 Å². The van der Waals surface area contributed by atoms with Gasteiger partial charge in [0.25, 0.3) is 0 Å². The predicted molar refractivity (Wildman–Crippen MR) is 116 cm³/mol. The van der Waals surface area contributed by atoms with Crippen LogP contribution in [0.1, 0.15) is 51.5 Å². The number of amides is 1. The van der Waals surface area contributed by atoms with Crippen molar-refractivity contribution in [3.8, 4) is 0 Å². The lowest BCUT2D eigenvalue weighted by Gasteiger charge is -2.24. The first-order chi connectivity index (χ1) is 11.7. The molecule has 0 atom stereocenters. The van der Waals surface area contributed by atoms with Crippen LogP contribution in [0.4, 0.5) is 5.69 Å². The molecule has 1 fully saturated rings. The molecule has 2 rings (SSSR count). The first-order valence-corrected chi connectivity index (χ1v) is 9.15. The zero-order valence-corrected chi connectivity index (χ0v) is 17.6. The summed E-state index contributed by atoms with van der Waals surface area (Å²) in [6.45, 7) is 6.60. The monoisotopic (exact) mass is 458 g/mol. The van der Waals surface area contributed by atoms with E-state index in [-0.39, 0.29) is 35.8 Å². The van der Waals surface area contributed by atoms with E-state index in [1.807, 2.05) is 24.3 Å². The number of nitrogens with one attached hydrogen (secondary N) is 3. The fourth-order valence-corrected chi connectivity index (χ4v) is 2.56. The molecule has 1 aromatic rings. The summed E-state index contributed by atoms with van der Waals surface area (Å²) in [5.74, 6) is 1.20. The summed E-state index contributed by atoms with van der Waals surface area (Å²) < 4.78 is 0. The normalized spacial score (nSPS) is 14.2. The van der Waals surface area contributed by atoms with E-state index in [0.717, 1.165) is 56.0 Å². The minimum Gasteiger partial charge on any atom is -0.357 e. The Kier molecular flexibility index (Phi) is 10.5. The molecule has 140 valence electrons. The molecule has 0 spiro atoms. The Labute approximate surface area is 168 Å². The highest BCUT2D eigenvalue weighted by molar-refractivity contribution is 14.0. The fourth-order valence-electron chi connectivity index (χ4n) is 2.56. The number of benzene rings is 1. The molecule has 1 amide bonds. The summed E-state index contributed by atoms with van der Waals surface area (Å²) in [5.41, 5.74) is 1.96. The van der Waals surface area contributed by atoms with Crippen LogP contribution in [0.2, 0.25) is 0 Å². The van der Waals surface area contributed by atoms with Gasteiger partial charge in [-0.3, -0.25) is 4.79 Å². The van der Waals surface area contributed by atoms with Crippen LogP contribution in [0.15, 0.2) is 29.3 Å². The van der Waals surface area contributed by atoms with Gasteiger partial charge in [0.2, 0.25) is 5.91 Å². The predicted octanol–water partition coefficient (Wildman–Crippen LogP) is 3.90. The Morgan fingerprint density at radius 3 is 2.68 bits per heavy atom. The van der Waals surface area contributed by atoms with Gasteiger partial charge in [-0.05, 0) is 43.9 Å². The van der Waals surface area contributed by atoms with E-state index in [1.54, 1.807) is 0 Å². The largest absolute Gasteiger partial charge is 0.357 e. The summed E-state index contributed by atoms with van der Waals surface area (Å²) in [6.07, 6.45) is 5.50. The zero-order chi connectivity index (χ0) is 17.2. The lowest BCUT2D eigenvalue weighted by atomic mass is 9.85. The summed E-state index contributed by atoms with van der Waals surface area (Å²) in [7, 11) is 0. The second kappa shape index (κ2) is 12.1. The van der Waals surface area contributed by atoms with Gasteiger partial charge < -0.3 is 16.0 Å². The molecule has 25 heavy (non-hydrogen) atoms. The molecule has 0 aromatic heterocycles. The van der Waals surface area contributed by atoms with Gasteiger partial charge in [-0.25, -0.2) is 4.99 Å². The number of anilines is 1. The number of aliphatic imine (C=N–C) groups is 1. The minimum atomic E-state index is 0. The highest BCUT2D eigenvalue weighted by atomic mass is 127.